The van der Waals surface area contributed by atoms with E-state index in [1.807, 2.05) is 0 Å². The van der Waals surface area contributed by atoms with Gasteiger partial charge in [0.05, 0.1) is 11.9 Å². The quantitative estimate of drug-likeness (QED) is 0.256. The summed E-state index contributed by atoms with van der Waals surface area (Å²) in [6.45, 7) is 3.44. The zero-order valence-corrected chi connectivity index (χ0v) is 19.1. The number of carbonyl (C=O) groups is 1. The Labute approximate surface area is 204 Å². The fourth-order valence-corrected chi connectivity index (χ4v) is 3.36. The Morgan fingerprint density at radius 1 is 1.03 bits per heavy atom. The van der Waals surface area contributed by atoms with Gasteiger partial charge in [-0.3, -0.25) is 9.48 Å². The molecule has 0 spiro atoms. The SMILES string of the molecule is C=CC(=O)Nc1cccc(Nc2nc(Nc3cnn(C)c3)ncc2-c2ccc(C(F)C(F)F)cc2)c1. The van der Waals surface area contributed by atoms with Gasteiger partial charge in [-0.1, -0.05) is 36.9 Å². The maximum Gasteiger partial charge on any atom is 0.273 e. The molecule has 0 aliphatic rings. The molecular weight excluding hydrogens is 471 g/mol. The van der Waals surface area contributed by atoms with Gasteiger partial charge in [0, 0.05) is 36.4 Å². The minimum atomic E-state index is -3.11. The molecule has 1 amide bonds. The minimum Gasteiger partial charge on any atom is -0.339 e. The third-order valence-corrected chi connectivity index (χ3v) is 5.09. The van der Waals surface area contributed by atoms with Crippen LogP contribution < -0.4 is 16.0 Å². The Balaban J connectivity index is 1.69. The van der Waals surface area contributed by atoms with Crippen LogP contribution in [-0.2, 0) is 11.8 Å². The second-order valence-corrected chi connectivity index (χ2v) is 7.74. The molecule has 4 rings (SSSR count). The van der Waals surface area contributed by atoms with Gasteiger partial charge in [0.15, 0.2) is 6.17 Å². The number of amides is 1. The van der Waals surface area contributed by atoms with Gasteiger partial charge in [-0.2, -0.15) is 10.1 Å². The van der Waals surface area contributed by atoms with E-state index < -0.39 is 12.6 Å². The first kappa shape index (κ1) is 24.5. The summed E-state index contributed by atoms with van der Waals surface area (Å²) in [6, 6.07) is 12.6. The molecule has 1 unspecified atom stereocenters. The van der Waals surface area contributed by atoms with Crippen LogP contribution >= 0.6 is 0 Å². The van der Waals surface area contributed by atoms with Gasteiger partial charge in [0.2, 0.25) is 11.9 Å². The summed E-state index contributed by atoms with van der Waals surface area (Å²) in [5, 5.41) is 13.1. The molecule has 2 aromatic heterocycles. The van der Waals surface area contributed by atoms with Crippen LogP contribution in [0.2, 0.25) is 0 Å². The van der Waals surface area contributed by atoms with Crippen molar-refractivity contribution in [3.8, 4) is 11.1 Å². The van der Waals surface area contributed by atoms with Crippen molar-refractivity contribution in [2.24, 2.45) is 7.05 Å². The number of alkyl halides is 3. The van der Waals surface area contributed by atoms with Crippen LogP contribution in [-0.4, -0.2) is 32.1 Å². The predicted octanol–water partition coefficient (Wildman–Crippen LogP) is 5.76. The van der Waals surface area contributed by atoms with Crippen LogP contribution in [0.1, 0.15) is 11.7 Å². The molecule has 0 radical (unpaired) electrons. The molecule has 184 valence electrons. The van der Waals surface area contributed by atoms with E-state index in [0.717, 1.165) is 0 Å². The number of aromatic nitrogens is 4. The van der Waals surface area contributed by atoms with Gasteiger partial charge in [-0.15, -0.1) is 0 Å². The van der Waals surface area contributed by atoms with Crippen molar-refractivity contribution in [1.29, 1.82) is 0 Å². The molecule has 36 heavy (non-hydrogen) atoms. The number of anilines is 5. The van der Waals surface area contributed by atoms with E-state index in [9.17, 15) is 18.0 Å². The van der Waals surface area contributed by atoms with Crippen molar-refractivity contribution in [1.82, 2.24) is 19.7 Å². The highest BCUT2D eigenvalue weighted by atomic mass is 19.3. The molecule has 0 saturated carbocycles. The van der Waals surface area contributed by atoms with E-state index in [4.69, 9.17) is 0 Å². The number of hydrogen-bond donors (Lipinski definition) is 3. The summed E-state index contributed by atoms with van der Waals surface area (Å²) in [6.07, 6.45) is 0.622. The highest BCUT2D eigenvalue weighted by Gasteiger charge is 2.21. The smallest absolute Gasteiger partial charge is 0.273 e. The molecular formula is C25H22F3N7O. The minimum absolute atomic E-state index is 0.121. The van der Waals surface area contributed by atoms with Crippen molar-refractivity contribution >= 4 is 34.7 Å². The fourth-order valence-electron chi connectivity index (χ4n) is 3.36. The Hall–Kier alpha value is -4.67. The molecule has 1 atom stereocenters. The molecule has 0 aliphatic heterocycles. The van der Waals surface area contributed by atoms with Crippen molar-refractivity contribution in [2.75, 3.05) is 16.0 Å². The van der Waals surface area contributed by atoms with Gasteiger partial charge in [0.1, 0.15) is 5.82 Å². The lowest BCUT2D eigenvalue weighted by Gasteiger charge is -2.14. The van der Waals surface area contributed by atoms with Crippen LogP contribution in [0.3, 0.4) is 0 Å². The first-order chi connectivity index (χ1) is 17.3. The van der Waals surface area contributed by atoms with E-state index in [-0.39, 0.29) is 17.4 Å². The summed E-state index contributed by atoms with van der Waals surface area (Å²) < 4.78 is 40.9. The molecule has 2 aromatic carbocycles. The standard InChI is InChI=1S/C25H22F3N7O/c1-3-21(36)31-17-5-4-6-18(11-17)32-24-20(15-7-9-16(10-8-15)22(26)23(27)28)13-29-25(34-24)33-19-12-30-35(2)14-19/h3-14,22-23H,1H2,2H3,(H,31,36)(H2,29,32,33,34). The molecule has 8 nitrogen and oxygen atoms in total. The zero-order chi connectivity index (χ0) is 25.7. The van der Waals surface area contributed by atoms with Gasteiger partial charge >= 0.3 is 0 Å². The fraction of sp³-hybridized carbons (Fsp3) is 0.120. The third-order valence-electron chi connectivity index (χ3n) is 5.09. The highest BCUT2D eigenvalue weighted by molar-refractivity contribution is 5.99. The summed E-state index contributed by atoms with van der Waals surface area (Å²) in [5.74, 6) is 0.318. The summed E-state index contributed by atoms with van der Waals surface area (Å²) in [5.41, 5.74) is 2.85. The van der Waals surface area contributed by atoms with Crippen LogP contribution in [0.4, 0.5) is 42.0 Å². The molecule has 11 heteroatoms. The van der Waals surface area contributed by atoms with Gasteiger partial charge < -0.3 is 16.0 Å². The molecule has 0 saturated heterocycles. The van der Waals surface area contributed by atoms with E-state index in [0.29, 0.717) is 34.0 Å². The Morgan fingerprint density at radius 3 is 2.44 bits per heavy atom. The van der Waals surface area contributed by atoms with E-state index >= 15 is 0 Å². The van der Waals surface area contributed by atoms with E-state index in [2.05, 4.69) is 37.6 Å². The maximum atomic E-state index is 13.7. The second kappa shape index (κ2) is 10.7. The predicted molar refractivity (Wildman–Crippen MR) is 132 cm³/mol. The van der Waals surface area contributed by atoms with Crippen LogP contribution in [0.15, 0.2) is 79.8 Å². The lowest BCUT2D eigenvalue weighted by atomic mass is 10.0. The third kappa shape index (κ3) is 5.87. The number of nitrogens with one attached hydrogen (secondary N) is 3. The molecule has 0 fully saturated rings. The first-order valence-corrected chi connectivity index (χ1v) is 10.8. The van der Waals surface area contributed by atoms with Gasteiger partial charge in [-0.25, -0.2) is 18.2 Å². The Morgan fingerprint density at radius 2 is 1.78 bits per heavy atom. The highest BCUT2D eigenvalue weighted by Crippen LogP contribution is 2.32. The average Bonchev–Trinajstić information content (AvgIpc) is 3.28. The number of nitrogens with zero attached hydrogens (tertiary/aromatic N) is 4. The van der Waals surface area contributed by atoms with E-state index in [1.54, 1.807) is 54.6 Å². The topological polar surface area (TPSA) is 96.8 Å². The van der Waals surface area contributed by atoms with Crippen LogP contribution in [0.5, 0.6) is 0 Å². The molecule has 3 N–H and O–H groups in total. The lowest BCUT2D eigenvalue weighted by molar-refractivity contribution is -0.111. The summed E-state index contributed by atoms with van der Waals surface area (Å²) in [7, 11) is 1.78. The van der Waals surface area contributed by atoms with Crippen molar-refractivity contribution in [2.45, 2.75) is 12.6 Å². The number of hydrogen-bond acceptors (Lipinski definition) is 6. The number of halogens is 3. The van der Waals surface area contributed by atoms with Crippen molar-refractivity contribution in [3.05, 3.63) is 85.3 Å². The molecule has 4 aromatic rings. The second-order valence-electron chi connectivity index (χ2n) is 7.74. The largest absolute Gasteiger partial charge is 0.339 e. The van der Waals surface area contributed by atoms with Crippen molar-refractivity contribution < 1.29 is 18.0 Å². The monoisotopic (exact) mass is 493 g/mol. The average molecular weight is 493 g/mol. The Bertz CT molecular complexity index is 1370. The zero-order valence-electron chi connectivity index (χ0n) is 19.1. The maximum absolute atomic E-state index is 13.7. The van der Waals surface area contributed by atoms with Crippen LogP contribution in [0.25, 0.3) is 11.1 Å². The number of rotatable bonds is 9. The van der Waals surface area contributed by atoms with Gasteiger partial charge in [-0.05, 0) is 35.4 Å². The normalized spacial score (nSPS) is 11.7. The first-order valence-electron chi connectivity index (χ1n) is 10.8. The molecule has 0 bridgehead atoms. The summed E-state index contributed by atoms with van der Waals surface area (Å²) >= 11 is 0. The lowest BCUT2D eigenvalue weighted by Crippen LogP contribution is -2.07. The van der Waals surface area contributed by atoms with Crippen LogP contribution in [0, 0.1) is 0 Å². The molecule has 0 aliphatic carbocycles. The molecule has 2 heterocycles. The summed E-state index contributed by atoms with van der Waals surface area (Å²) in [4.78, 5) is 20.6. The van der Waals surface area contributed by atoms with E-state index in [1.165, 1.54) is 30.3 Å². The number of benzene rings is 2. The number of aryl methyl sites for hydroxylation is 1. The van der Waals surface area contributed by atoms with Gasteiger partial charge in [0.25, 0.3) is 6.43 Å². The Kier molecular flexibility index (Phi) is 7.28. The number of carbonyl (C=O) groups excluding carboxylic acids is 1. The van der Waals surface area contributed by atoms with Crippen molar-refractivity contribution in [3.63, 3.8) is 0 Å².